The predicted octanol–water partition coefficient (Wildman–Crippen LogP) is 1.41. The van der Waals surface area contributed by atoms with Gasteiger partial charge in [0.15, 0.2) is 0 Å². The van der Waals surface area contributed by atoms with Crippen molar-refractivity contribution in [2.45, 2.75) is 19.3 Å². The third kappa shape index (κ3) is 2.65. The Balaban J connectivity index is 2.55. The van der Waals surface area contributed by atoms with Crippen LogP contribution >= 0.6 is 0 Å². The molecule has 0 saturated heterocycles. The van der Waals surface area contributed by atoms with Crippen molar-refractivity contribution in [3.8, 4) is 0 Å². The summed E-state index contributed by atoms with van der Waals surface area (Å²) in [4.78, 5) is 12.8. The van der Waals surface area contributed by atoms with Crippen LogP contribution in [0.1, 0.15) is 13.8 Å². The summed E-state index contributed by atoms with van der Waals surface area (Å²) in [7, 11) is 5.53. The van der Waals surface area contributed by atoms with Gasteiger partial charge in [-0.05, 0) is 19.9 Å². The van der Waals surface area contributed by atoms with Gasteiger partial charge in [0.25, 0.3) is 0 Å². The molecule has 1 aliphatic heterocycles. The highest BCUT2D eigenvalue weighted by molar-refractivity contribution is 6.14. The number of hydrogen-bond acceptors (Lipinski definition) is 2. The second kappa shape index (κ2) is 3.28. The Morgan fingerprint density at radius 2 is 2.38 bits per heavy atom. The van der Waals surface area contributed by atoms with Gasteiger partial charge in [-0.1, -0.05) is 12.7 Å². The molecule has 1 aliphatic rings. The highest BCUT2D eigenvalue weighted by Crippen LogP contribution is 2.15. The lowest BCUT2D eigenvalue weighted by Crippen LogP contribution is -2.36. The summed E-state index contributed by atoms with van der Waals surface area (Å²) in [6.45, 7) is 7.44. The Morgan fingerprint density at radius 1 is 1.77 bits per heavy atom. The monoisotopic (exact) mass is 177 g/mol. The van der Waals surface area contributed by atoms with E-state index in [0.717, 1.165) is 0 Å². The molecule has 0 saturated carbocycles. The summed E-state index contributed by atoms with van der Waals surface area (Å²) in [5, 5.41) is 0. The van der Waals surface area contributed by atoms with Crippen LogP contribution in [0.4, 0.5) is 4.79 Å². The number of nitrogens with zero attached hydrogens (tertiary/aromatic N) is 1. The van der Waals surface area contributed by atoms with E-state index in [1.165, 1.54) is 4.90 Å². The summed E-state index contributed by atoms with van der Waals surface area (Å²) in [6.07, 6.45) is 3.15. The zero-order valence-electron chi connectivity index (χ0n) is 7.91. The average Bonchev–Trinajstić information content (AvgIpc) is 2.30. The average molecular weight is 177 g/mol. The third-order valence-electron chi connectivity index (χ3n) is 1.52. The van der Waals surface area contributed by atoms with Gasteiger partial charge < -0.3 is 4.74 Å². The summed E-state index contributed by atoms with van der Waals surface area (Å²) in [6, 6.07) is 0. The molecule has 2 radical (unpaired) electrons. The lowest BCUT2D eigenvalue weighted by molar-refractivity contribution is 0.0705. The first-order valence-electron chi connectivity index (χ1n) is 4.05. The minimum absolute atomic E-state index is 0.456. The van der Waals surface area contributed by atoms with E-state index in [9.17, 15) is 4.79 Å². The molecule has 0 atom stereocenters. The van der Waals surface area contributed by atoms with E-state index < -0.39 is 11.6 Å². The fraction of sp³-hybridized carbons (Fsp3) is 0.444. The van der Waals surface area contributed by atoms with Crippen LogP contribution in [0.5, 0.6) is 0 Å². The van der Waals surface area contributed by atoms with Gasteiger partial charge in [-0.15, -0.1) is 0 Å². The zero-order chi connectivity index (χ0) is 10.1. The molecule has 0 aromatic rings. The van der Waals surface area contributed by atoms with Crippen molar-refractivity contribution in [3.63, 3.8) is 0 Å². The van der Waals surface area contributed by atoms with Gasteiger partial charge >= 0.3 is 6.09 Å². The molecule has 3 nitrogen and oxygen atoms in total. The number of hydrogen-bond donors (Lipinski definition) is 0. The molecule has 1 amide bonds. The Hall–Kier alpha value is -1.19. The van der Waals surface area contributed by atoms with Crippen molar-refractivity contribution in [1.82, 2.24) is 4.90 Å². The van der Waals surface area contributed by atoms with Crippen molar-refractivity contribution in [3.05, 3.63) is 24.4 Å². The molecule has 13 heavy (non-hydrogen) atoms. The standard InChI is InChI=1S/C9H12BNO2/c1-7-5-4-6-11(7)8(12)13-9(2,3)10/h4-5H,1,6H2,2-3H3. The summed E-state index contributed by atoms with van der Waals surface area (Å²) in [5.41, 5.74) is -0.311. The van der Waals surface area contributed by atoms with Crippen LogP contribution in [0, 0.1) is 0 Å². The van der Waals surface area contributed by atoms with E-state index in [1.54, 1.807) is 19.9 Å². The first kappa shape index (κ1) is 9.90. The normalized spacial score (nSPS) is 16.5. The van der Waals surface area contributed by atoms with Gasteiger partial charge in [-0.25, -0.2) is 4.79 Å². The third-order valence-corrected chi connectivity index (χ3v) is 1.52. The van der Waals surface area contributed by atoms with Crippen LogP contribution in [0.15, 0.2) is 24.4 Å². The summed E-state index contributed by atoms with van der Waals surface area (Å²) in [5.74, 6) is 0. The first-order chi connectivity index (χ1) is 5.90. The molecular weight excluding hydrogens is 165 g/mol. The van der Waals surface area contributed by atoms with Crippen molar-refractivity contribution in [2.75, 3.05) is 6.54 Å². The SMILES string of the molecule is [B]C(C)(C)OC(=O)N1CC=CC1=C. The van der Waals surface area contributed by atoms with E-state index in [0.29, 0.717) is 12.2 Å². The van der Waals surface area contributed by atoms with Gasteiger partial charge in [0.05, 0.1) is 5.50 Å². The number of rotatable bonds is 1. The number of amides is 1. The van der Waals surface area contributed by atoms with Crippen LogP contribution < -0.4 is 0 Å². The molecule has 0 N–H and O–H groups in total. The van der Waals surface area contributed by atoms with Crippen molar-refractivity contribution in [2.24, 2.45) is 0 Å². The highest BCUT2D eigenvalue weighted by Gasteiger charge is 2.23. The topological polar surface area (TPSA) is 29.5 Å². The highest BCUT2D eigenvalue weighted by atomic mass is 16.6. The Labute approximate surface area is 79.5 Å². The van der Waals surface area contributed by atoms with Crippen molar-refractivity contribution < 1.29 is 9.53 Å². The maximum atomic E-state index is 11.4. The second-order valence-corrected chi connectivity index (χ2v) is 3.48. The second-order valence-electron chi connectivity index (χ2n) is 3.48. The molecule has 68 valence electrons. The first-order valence-corrected chi connectivity index (χ1v) is 4.05. The maximum absolute atomic E-state index is 11.4. The molecule has 0 aromatic carbocycles. The molecule has 0 bridgehead atoms. The number of carbonyl (C=O) groups is 1. The minimum Gasteiger partial charge on any atom is -0.454 e. The predicted molar refractivity (Wildman–Crippen MR) is 51.3 cm³/mol. The van der Waals surface area contributed by atoms with Crippen LogP contribution in [0.25, 0.3) is 0 Å². The Bertz CT molecular complexity index is 265. The number of allylic oxidation sites excluding steroid dienone is 1. The Kier molecular flexibility index (Phi) is 2.50. The quantitative estimate of drug-likeness (QED) is 0.566. The molecule has 0 unspecified atom stereocenters. The molecule has 4 heteroatoms. The van der Waals surface area contributed by atoms with Crippen LogP contribution in [-0.2, 0) is 4.74 Å². The molecule has 0 aliphatic carbocycles. The van der Waals surface area contributed by atoms with Crippen molar-refractivity contribution in [1.29, 1.82) is 0 Å². The van der Waals surface area contributed by atoms with E-state index in [-0.39, 0.29) is 0 Å². The van der Waals surface area contributed by atoms with Crippen LogP contribution in [-0.4, -0.2) is 30.9 Å². The van der Waals surface area contributed by atoms with Gasteiger partial charge in [0.2, 0.25) is 0 Å². The van der Waals surface area contributed by atoms with E-state index in [4.69, 9.17) is 12.6 Å². The zero-order valence-corrected chi connectivity index (χ0v) is 7.91. The number of carbonyl (C=O) groups excluding carboxylic acids is 1. The minimum atomic E-state index is -0.944. The summed E-state index contributed by atoms with van der Waals surface area (Å²) >= 11 is 0. The Morgan fingerprint density at radius 3 is 2.77 bits per heavy atom. The van der Waals surface area contributed by atoms with E-state index in [1.807, 2.05) is 6.08 Å². The lowest BCUT2D eigenvalue weighted by Gasteiger charge is -2.25. The fourth-order valence-corrected chi connectivity index (χ4v) is 0.973. The van der Waals surface area contributed by atoms with Gasteiger partial charge in [0, 0.05) is 12.2 Å². The number of ether oxygens (including phenoxy) is 1. The van der Waals surface area contributed by atoms with Gasteiger partial charge in [-0.3, -0.25) is 4.90 Å². The van der Waals surface area contributed by atoms with Crippen molar-refractivity contribution >= 4 is 13.9 Å². The van der Waals surface area contributed by atoms with Crippen LogP contribution in [0.2, 0.25) is 0 Å². The lowest BCUT2D eigenvalue weighted by atomic mass is 9.86. The smallest absolute Gasteiger partial charge is 0.414 e. The molecule has 0 aromatic heterocycles. The van der Waals surface area contributed by atoms with Crippen LogP contribution in [0.3, 0.4) is 0 Å². The van der Waals surface area contributed by atoms with E-state index >= 15 is 0 Å². The maximum Gasteiger partial charge on any atom is 0.414 e. The van der Waals surface area contributed by atoms with E-state index in [2.05, 4.69) is 6.58 Å². The molecule has 1 heterocycles. The summed E-state index contributed by atoms with van der Waals surface area (Å²) < 4.78 is 4.96. The van der Waals surface area contributed by atoms with Gasteiger partial charge in [0.1, 0.15) is 7.85 Å². The largest absolute Gasteiger partial charge is 0.454 e. The van der Waals surface area contributed by atoms with Gasteiger partial charge in [-0.2, -0.15) is 0 Å². The fourth-order valence-electron chi connectivity index (χ4n) is 0.973. The molecule has 1 rings (SSSR count). The molecule has 0 spiro atoms. The molecular formula is C9H12BNO2. The molecule has 0 fully saturated rings.